The number of aryl methyl sites for hydroxylation is 1. The van der Waals surface area contributed by atoms with Gasteiger partial charge in [-0.05, 0) is 157 Å². The number of para-hydroxylation sites is 1. The predicted octanol–water partition coefficient (Wildman–Crippen LogP) is 19.1. The number of thiophene rings is 1. The second-order valence-electron chi connectivity index (χ2n) is 27.3. The summed E-state index contributed by atoms with van der Waals surface area (Å²) in [5.41, 5.74) is 22.4. The SMILES string of the molecule is Cc1cc2c3c(c1)N(c1cc(N(c4ccc(C(C)(C)C)cc4)c4ccc(C(C)(C)C)cc4)cc4oc5ccccc5c14)c1ccc(C(C)(C)C)cc1B3c1sc3ccc(C(C)(C)C)cc3c1N2c1ccc(C(C)(C)C)cc1. The van der Waals surface area contributed by atoms with E-state index in [4.69, 9.17) is 4.42 Å². The first-order valence-corrected chi connectivity index (χ1v) is 28.6. The average Bonchev–Trinajstić information content (AvgIpc) is 4.18. The molecule has 4 heterocycles. The number of hydrogen-bond acceptors (Lipinski definition) is 5. The zero-order valence-corrected chi connectivity index (χ0v) is 49.1. The van der Waals surface area contributed by atoms with E-state index in [1.54, 1.807) is 0 Å². The first-order valence-electron chi connectivity index (χ1n) is 27.8. The Bertz CT molecular complexity index is 3900. The van der Waals surface area contributed by atoms with Gasteiger partial charge in [-0.25, -0.2) is 0 Å². The lowest BCUT2D eigenvalue weighted by atomic mass is 9.36. The molecule has 0 N–H and O–H groups in total. The van der Waals surface area contributed by atoms with Gasteiger partial charge in [-0.15, -0.1) is 11.3 Å². The van der Waals surface area contributed by atoms with Crippen molar-refractivity contribution in [3.05, 3.63) is 191 Å². The highest BCUT2D eigenvalue weighted by atomic mass is 32.1. The van der Waals surface area contributed by atoms with Crippen LogP contribution in [0.2, 0.25) is 0 Å². The number of nitrogens with zero attached hydrogens (tertiary/aromatic N) is 3. The van der Waals surface area contributed by atoms with Crippen LogP contribution in [0.15, 0.2) is 162 Å². The molecule has 2 aromatic heterocycles. The summed E-state index contributed by atoms with van der Waals surface area (Å²) < 4.78 is 9.77. The summed E-state index contributed by atoms with van der Waals surface area (Å²) >= 11 is 1.97. The molecule has 0 amide bonds. The average molecular weight is 1030 g/mol. The summed E-state index contributed by atoms with van der Waals surface area (Å²) in [6.07, 6.45) is 0. The smallest absolute Gasteiger partial charge is 0.264 e. The molecule has 0 aliphatic carbocycles. The van der Waals surface area contributed by atoms with Crippen LogP contribution in [-0.2, 0) is 27.1 Å². The van der Waals surface area contributed by atoms with E-state index < -0.39 is 0 Å². The lowest BCUT2D eigenvalue weighted by Crippen LogP contribution is -2.60. The molecule has 0 atom stereocenters. The monoisotopic (exact) mass is 1030 g/mol. The van der Waals surface area contributed by atoms with Gasteiger partial charge in [-0.1, -0.05) is 177 Å². The molecule has 12 rings (SSSR count). The van der Waals surface area contributed by atoms with Gasteiger partial charge in [0.15, 0.2) is 0 Å². The van der Waals surface area contributed by atoms with E-state index in [0.717, 1.165) is 44.7 Å². The van der Waals surface area contributed by atoms with Gasteiger partial charge in [-0.2, -0.15) is 0 Å². The molecule has 0 spiro atoms. The minimum absolute atomic E-state index is 0.00875. The van der Waals surface area contributed by atoms with E-state index in [1.807, 2.05) is 11.3 Å². The second kappa shape index (κ2) is 17.5. The fourth-order valence-electron chi connectivity index (χ4n) is 12.0. The van der Waals surface area contributed by atoms with Crippen molar-refractivity contribution in [2.75, 3.05) is 14.7 Å². The zero-order chi connectivity index (χ0) is 54.5. The van der Waals surface area contributed by atoms with Crippen molar-refractivity contribution in [1.29, 1.82) is 0 Å². The topological polar surface area (TPSA) is 22.9 Å². The molecule has 2 aliphatic heterocycles. The number of hydrogen-bond donors (Lipinski definition) is 0. The molecule has 0 radical (unpaired) electrons. The molecule has 0 saturated heterocycles. The van der Waals surface area contributed by atoms with Crippen LogP contribution in [0.4, 0.5) is 51.2 Å². The molecule has 4 nitrogen and oxygen atoms in total. The first-order chi connectivity index (χ1) is 36.2. The summed E-state index contributed by atoms with van der Waals surface area (Å²) in [6, 6.07) is 60.6. The normalized spacial score (nSPS) is 13.9. The number of furan rings is 1. The van der Waals surface area contributed by atoms with Crippen molar-refractivity contribution >= 4 is 117 Å². The molecular formula is C71H74BN3OS. The molecule has 10 aromatic rings. The molecule has 0 fully saturated rings. The van der Waals surface area contributed by atoms with Crippen LogP contribution in [0.5, 0.6) is 0 Å². The van der Waals surface area contributed by atoms with E-state index in [0.29, 0.717) is 0 Å². The van der Waals surface area contributed by atoms with Gasteiger partial charge < -0.3 is 19.1 Å². The molecule has 6 heteroatoms. The van der Waals surface area contributed by atoms with E-state index in [-0.39, 0.29) is 33.8 Å². The van der Waals surface area contributed by atoms with Gasteiger partial charge in [0.2, 0.25) is 0 Å². The maximum Gasteiger partial charge on any atom is 0.264 e. The van der Waals surface area contributed by atoms with Crippen LogP contribution in [0, 0.1) is 6.92 Å². The molecule has 388 valence electrons. The summed E-state index contributed by atoms with van der Waals surface area (Å²) in [5, 5.41) is 3.50. The van der Waals surface area contributed by atoms with Crippen molar-refractivity contribution in [2.24, 2.45) is 0 Å². The van der Waals surface area contributed by atoms with Crippen molar-refractivity contribution in [3.8, 4) is 0 Å². The Kier molecular flexibility index (Phi) is 11.5. The van der Waals surface area contributed by atoms with Crippen molar-refractivity contribution in [1.82, 2.24) is 0 Å². The minimum atomic E-state index is -0.0874. The van der Waals surface area contributed by atoms with Gasteiger partial charge in [0.1, 0.15) is 11.2 Å². The Hall–Kier alpha value is -7.02. The van der Waals surface area contributed by atoms with Gasteiger partial charge in [0.25, 0.3) is 6.71 Å². The molecule has 2 aliphatic rings. The molecule has 0 bridgehead atoms. The standard InChI is InChI=1S/C71H74BN3OS/c1-43-37-58-64-59(38-43)75(57-41-52(42-61-63(57)53-19-17-18-20-60(53)76-61)73(49-29-21-44(22-30-49)67(2,3)4)50-31-23-45(24-32-50)68(5,6)7)56-35-27-48(71(14,15)16)40-55(56)72(64)66-65(54-39-47(70(11,12)13)28-36-62(54)77-66)74(58)51-33-25-46(26-34-51)69(8,9)10/h17-42H,1-16H3. The van der Waals surface area contributed by atoms with Crippen LogP contribution in [0.1, 0.15) is 137 Å². The highest BCUT2D eigenvalue weighted by molar-refractivity contribution is 7.33. The quantitative estimate of drug-likeness (QED) is 0.160. The van der Waals surface area contributed by atoms with E-state index in [2.05, 4.69) is 283 Å². The third-order valence-electron chi connectivity index (χ3n) is 16.5. The first kappa shape index (κ1) is 50.8. The maximum atomic E-state index is 7.08. The number of benzene rings is 8. The highest BCUT2D eigenvalue weighted by Gasteiger charge is 2.46. The summed E-state index contributed by atoms with van der Waals surface area (Å²) in [4.78, 5) is 7.66. The Balaban J connectivity index is 1.18. The predicted molar refractivity (Wildman–Crippen MR) is 336 cm³/mol. The van der Waals surface area contributed by atoms with Crippen LogP contribution in [0.25, 0.3) is 32.0 Å². The van der Waals surface area contributed by atoms with Crippen molar-refractivity contribution < 1.29 is 4.42 Å². The molecule has 8 aromatic carbocycles. The van der Waals surface area contributed by atoms with Gasteiger partial charge in [0, 0.05) is 60.4 Å². The lowest BCUT2D eigenvalue weighted by molar-refractivity contribution is 0.590. The number of anilines is 9. The molecule has 0 unspecified atom stereocenters. The summed E-state index contributed by atoms with van der Waals surface area (Å²) in [5.74, 6) is 0. The third-order valence-corrected chi connectivity index (χ3v) is 17.7. The number of fused-ring (bicyclic) bond motifs is 9. The van der Waals surface area contributed by atoms with Crippen LogP contribution >= 0.6 is 11.3 Å². The molecular weight excluding hydrogens is 954 g/mol. The van der Waals surface area contributed by atoms with E-state index >= 15 is 0 Å². The van der Waals surface area contributed by atoms with Crippen LogP contribution in [-0.4, -0.2) is 6.71 Å². The largest absolute Gasteiger partial charge is 0.456 e. The van der Waals surface area contributed by atoms with Crippen molar-refractivity contribution in [3.63, 3.8) is 0 Å². The van der Waals surface area contributed by atoms with Gasteiger partial charge in [0.05, 0.1) is 22.4 Å². The third kappa shape index (κ3) is 8.58. The Morgan fingerprint density at radius 3 is 1.51 bits per heavy atom. The Morgan fingerprint density at radius 1 is 0.429 bits per heavy atom. The van der Waals surface area contributed by atoms with Crippen LogP contribution < -0.4 is 30.4 Å². The fraction of sp³-hybridized carbons (Fsp3) is 0.296. The summed E-state index contributed by atoms with van der Waals surface area (Å²) in [7, 11) is 0. The van der Waals surface area contributed by atoms with Gasteiger partial charge in [-0.3, -0.25) is 0 Å². The number of rotatable bonds is 5. The van der Waals surface area contributed by atoms with Crippen LogP contribution in [0.3, 0.4) is 0 Å². The minimum Gasteiger partial charge on any atom is -0.456 e. The molecule has 0 saturated carbocycles. The highest BCUT2D eigenvalue weighted by Crippen LogP contribution is 2.53. The van der Waals surface area contributed by atoms with E-state index in [1.165, 1.54) is 87.6 Å². The van der Waals surface area contributed by atoms with E-state index in [9.17, 15) is 0 Å². The lowest BCUT2D eigenvalue weighted by Gasteiger charge is -2.44. The second-order valence-corrected chi connectivity index (χ2v) is 28.4. The maximum absolute atomic E-state index is 7.08. The Labute approximate surface area is 462 Å². The summed E-state index contributed by atoms with van der Waals surface area (Å²) in [6.45, 7) is 36.9. The van der Waals surface area contributed by atoms with Crippen molar-refractivity contribution in [2.45, 2.75) is 138 Å². The zero-order valence-electron chi connectivity index (χ0n) is 48.2. The Morgan fingerprint density at radius 2 is 0.935 bits per heavy atom. The molecule has 77 heavy (non-hydrogen) atoms. The fourth-order valence-corrected chi connectivity index (χ4v) is 13.3. The van der Waals surface area contributed by atoms with Gasteiger partial charge >= 0.3 is 0 Å².